The molecule has 0 radical (unpaired) electrons. The molecule has 30 valence electrons. The van der Waals surface area contributed by atoms with E-state index < -0.39 is 0 Å². The first-order valence-electron chi connectivity index (χ1n) is 0.979. The van der Waals surface area contributed by atoms with Gasteiger partial charge in [-0.25, -0.2) is 5.53 Å². The summed E-state index contributed by atoms with van der Waals surface area (Å²) in [5.74, 6) is 0. The molecule has 5 heavy (non-hydrogen) atoms. The van der Waals surface area contributed by atoms with Crippen molar-refractivity contribution in [2.24, 2.45) is 5.10 Å². The van der Waals surface area contributed by atoms with Crippen LogP contribution < -0.4 is 9.17 Å². The Morgan fingerprint density at radius 3 is 2.40 bits per heavy atom. The van der Waals surface area contributed by atoms with E-state index in [2.05, 4.69) is 21.0 Å². The van der Waals surface area contributed by atoms with Crippen molar-refractivity contribution < 1.29 is 0 Å². The average molecular weight is 185 g/mol. The lowest BCUT2D eigenvalue weighted by atomic mass is 11.7. The van der Waals surface area contributed by atoms with Gasteiger partial charge >= 0.3 is 0 Å². The van der Waals surface area contributed by atoms with Gasteiger partial charge in [-0.2, -0.15) is 8.74 Å². The highest BCUT2D eigenvalue weighted by atomic mass is 127. The van der Waals surface area contributed by atoms with E-state index in [1.165, 1.54) is 0 Å². The van der Waals surface area contributed by atoms with Crippen LogP contribution in [-0.4, -0.2) is 6.72 Å². The van der Waals surface area contributed by atoms with Crippen LogP contribution in [0.3, 0.4) is 0 Å². The molecule has 0 aliphatic carbocycles. The standard InChI is InChI=1S/CH4IN3/c1-3-5-4-2/h4-5H,1H2. The number of hydrazone groups is 1. The third-order valence-electron chi connectivity index (χ3n) is 0.121. The highest BCUT2D eigenvalue weighted by Crippen LogP contribution is 1.55. The Labute approximate surface area is 44.3 Å². The Morgan fingerprint density at radius 2 is 2.40 bits per heavy atom. The van der Waals surface area contributed by atoms with Gasteiger partial charge in [0.15, 0.2) is 0 Å². The van der Waals surface area contributed by atoms with Crippen molar-refractivity contribution in [2.45, 2.75) is 0 Å². The summed E-state index contributed by atoms with van der Waals surface area (Å²) in [5.41, 5.74) is 2.36. The predicted octanol–water partition coefficient (Wildman–Crippen LogP) is 0.0462. The molecule has 2 N–H and O–H groups in total. The molecule has 0 aromatic heterocycles. The van der Waals surface area contributed by atoms with Gasteiger partial charge in [0.1, 0.15) is 0 Å². The van der Waals surface area contributed by atoms with Gasteiger partial charge in [-0.15, -0.1) is 0 Å². The maximum Gasteiger partial charge on any atom is 0.0401 e. The number of hydrazine groups is 1. The van der Waals surface area contributed by atoms with Gasteiger partial charge in [0.05, 0.1) is 0 Å². The normalized spacial score (nSPS) is 6.60. The molecule has 0 saturated heterocycles. The number of halogens is 1. The molecule has 4 heteroatoms. The molecule has 0 fully saturated rings. The number of rotatable bonds is 2. The smallest absolute Gasteiger partial charge is 0.0401 e. The lowest BCUT2D eigenvalue weighted by Gasteiger charge is -1.83. The summed E-state index contributed by atoms with van der Waals surface area (Å²) in [6.07, 6.45) is 0. The van der Waals surface area contributed by atoms with E-state index in [9.17, 15) is 0 Å². The molecule has 0 aliphatic rings. The maximum atomic E-state index is 3.24. The molecule has 0 heterocycles. The minimum atomic E-state index is 1.89. The first-order valence-corrected chi connectivity index (χ1v) is 2.06. The van der Waals surface area contributed by atoms with Gasteiger partial charge in [0, 0.05) is 29.6 Å². The van der Waals surface area contributed by atoms with Gasteiger partial charge in [0.2, 0.25) is 0 Å². The zero-order valence-corrected chi connectivity index (χ0v) is 4.69. The Bertz CT molecular complexity index is 28.1. The fraction of sp³-hybridized carbons (Fsp3) is 0. The Kier molecular flexibility index (Phi) is 4.29. The summed E-state index contributed by atoms with van der Waals surface area (Å²) in [7, 11) is 0. The zero-order valence-electron chi connectivity index (χ0n) is 2.53. The van der Waals surface area contributed by atoms with Gasteiger partial charge in [-0.1, -0.05) is 0 Å². The number of hydrogen-bond donors (Lipinski definition) is 2. The van der Waals surface area contributed by atoms with Gasteiger partial charge in [0.25, 0.3) is 0 Å². The molecule has 3 nitrogen and oxygen atoms in total. The molecule has 0 aliphatic heterocycles. The van der Waals surface area contributed by atoms with E-state index in [4.69, 9.17) is 0 Å². The minimum absolute atomic E-state index is 1.89. The van der Waals surface area contributed by atoms with Crippen LogP contribution in [0, 0.1) is 0 Å². The van der Waals surface area contributed by atoms with E-state index >= 15 is 0 Å². The molecule has 0 spiro atoms. The maximum absolute atomic E-state index is 3.24. The summed E-state index contributed by atoms with van der Waals surface area (Å²) in [6.45, 7) is 3.12. The molecule has 0 rings (SSSR count). The Hall–Kier alpha value is 0.160. The van der Waals surface area contributed by atoms with Crippen LogP contribution in [-0.2, 0) is 0 Å². The summed E-state index contributed by atoms with van der Waals surface area (Å²) in [4.78, 5) is 0. The van der Waals surface area contributed by atoms with Gasteiger partial charge in [-0.05, 0) is 0 Å². The van der Waals surface area contributed by atoms with Crippen LogP contribution in [0.15, 0.2) is 5.10 Å². The van der Waals surface area contributed by atoms with Crippen LogP contribution in [0.25, 0.3) is 0 Å². The van der Waals surface area contributed by atoms with E-state index in [0.29, 0.717) is 0 Å². The molecular formula is CH4IN3. The monoisotopic (exact) mass is 185 g/mol. The lowest BCUT2D eigenvalue weighted by Crippen LogP contribution is -2.12. The second-order valence-corrected chi connectivity index (χ2v) is 0.904. The number of nitrogens with zero attached hydrogens (tertiary/aromatic N) is 1. The molecular weight excluding hydrogens is 181 g/mol. The van der Waals surface area contributed by atoms with Crippen LogP contribution >= 0.6 is 22.9 Å². The van der Waals surface area contributed by atoms with Crippen molar-refractivity contribution in [1.29, 1.82) is 0 Å². The van der Waals surface area contributed by atoms with Crippen molar-refractivity contribution in [3.63, 3.8) is 0 Å². The van der Waals surface area contributed by atoms with Crippen molar-refractivity contribution in [3.8, 4) is 0 Å². The predicted molar refractivity (Wildman–Crippen MR) is 29.8 cm³/mol. The largest absolute Gasteiger partial charge is 0.234 e. The molecule has 0 aromatic rings. The second-order valence-electron chi connectivity index (χ2n) is 0.364. The average Bonchev–Trinajstić information content (AvgIpc) is 1.41. The minimum Gasteiger partial charge on any atom is -0.234 e. The van der Waals surface area contributed by atoms with E-state index in [0.717, 1.165) is 0 Å². The topological polar surface area (TPSA) is 36.4 Å². The third-order valence-corrected chi connectivity index (χ3v) is 0.363. The summed E-state index contributed by atoms with van der Waals surface area (Å²) < 4.78 is 2.51. The highest BCUT2D eigenvalue weighted by molar-refractivity contribution is 14.1. The second kappa shape index (κ2) is 4.16. The van der Waals surface area contributed by atoms with E-state index in [1.807, 2.05) is 22.9 Å². The quantitative estimate of drug-likeness (QED) is 0.276. The van der Waals surface area contributed by atoms with Crippen molar-refractivity contribution in [2.75, 3.05) is 0 Å². The van der Waals surface area contributed by atoms with Crippen LogP contribution in [0.5, 0.6) is 0 Å². The highest BCUT2D eigenvalue weighted by Gasteiger charge is 1.51. The number of nitrogens with one attached hydrogen (secondary N) is 2. The van der Waals surface area contributed by atoms with Crippen LogP contribution in [0.4, 0.5) is 0 Å². The molecule has 0 atom stereocenters. The summed E-state index contributed by atoms with van der Waals surface area (Å²) >= 11 is 1.89. The first-order chi connectivity index (χ1) is 2.41. The van der Waals surface area contributed by atoms with E-state index in [1.54, 1.807) is 0 Å². The molecule has 0 aromatic carbocycles. The number of hydrogen-bond acceptors (Lipinski definition) is 3. The Balaban J connectivity index is 2.40. The molecule has 0 amide bonds. The summed E-state index contributed by atoms with van der Waals surface area (Å²) in [5, 5.41) is 3.24. The Morgan fingerprint density at radius 1 is 1.80 bits per heavy atom. The van der Waals surface area contributed by atoms with Gasteiger partial charge < -0.3 is 0 Å². The fourth-order valence-electron chi connectivity index (χ4n) is 0.0299. The fourth-order valence-corrected chi connectivity index (χ4v) is 0.200. The third kappa shape index (κ3) is 4.16. The molecule has 0 bridgehead atoms. The zero-order chi connectivity index (χ0) is 4.12. The van der Waals surface area contributed by atoms with Crippen molar-refractivity contribution in [3.05, 3.63) is 0 Å². The van der Waals surface area contributed by atoms with Crippen LogP contribution in [0.1, 0.15) is 0 Å². The molecule has 0 saturated carbocycles. The van der Waals surface area contributed by atoms with Crippen LogP contribution in [0.2, 0.25) is 0 Å². The first kappa shape index (κ1) is 5.16. The lowest BCUT2D eigenvalue weighted by molar-refractivity contribution is 0.771. The van der Waals surface area contributed by atoms with Crippen molar-refractivity contribution in [1.82, 2.24) is 9.17 Å². The van der Waals surface area contributed by atoms with Gasteiger partial charge in [-0.3, -0.25) is 0 Å². The van der Waals surface area contributed by atoms with E-state index in [-0.39, 0.29) is 0 Å². The van der Waals surface area contributed by atoms with Crippen molar-refractivity contribution >= 4 is 29.6 Å². The SMILES string of the molecule is C=NNNI. The molecule has 0 unspecified atom stereocenters. The summed E-state index contributed by atoms with van der Waals surface area (Å²) in [6, 6.07) is 0.